The molecule has 4 aromatic rings. The number of hydrogen-bond donors (Lipinski definition) is 1. The third kappa shape index (κ3) is 8.73. The fraction of sp³-hybridized carbons (Fsp3) is 0.278. The summed E-state index contributed by atoms with van der Waals surface area (Å²) < 4.78 is 34.6. The smallest absolute Gasteiger partial charge is 0.264 e. The van der Waals surface area contributed by atoms with Gasteiger partial charge in [-0.15, -0.1) is 0 Å². The Labute approximate surface area is 266 Å². The van der Waals surface area contributed by atoms with Gasteiger partial charge in [-0.3, -0.25) is 13.9 Å². The first-order valence-corrected chi connectivity index (χ1v) is 16.5. The fourth-order valence-corrected chi connectivity index (χ4v) is 6.30. The summed E-state index contributed by atoms with van der Waals surface area (Å²) in [5, 5.41) is 3.05. The van der Waals surface area contributed by atoms with Crippen LogP contribution in [0.4, 0.5) is 5.69 Å². The zero-order valence-electron chi connectivity index (χ0n) is 26.2. The second-order valence-electron chi connectivity index (χ2n) is 11.1. The Balaban J connectivity index is 1.79. The van der Waals surface area contributed by atoms with Crippen molar-refractivity contribution in [3.05, 3.63) is 126 Å². The van der Waals surface area contributed by atoms with Crippen LogP contribution in [0.2, 0.25) is 0 Å². The molecule has 1 N–H and O–H groups in total. The van der Waals surface area contributed by atoms with Crippen molar-refractivity contribution in [3.63, 3.8) is 0 Å². The van der Waals surface area contributed by atoms with Crippen LogP contribution in [0.1, 0.15) is 37.0 Å². The van der Waals surface area contributed by atoms with Gasteiger partial charge in [0, 0.05) is 19.0 Å². The largest absolute Gasteiger partial charge is 0.497 e. The molecule has 0 saturated heterocycles. The van der Waals surface area contributed by atoms with Crippen molar-refractivity contribution in [2.24, 2.45) is 0 Å². The first-order chi connectivity index (χ1) is 21.6. The minimum atomic E-state index is -4.19. The molecule has 0 aromatic heterocycles. The summed E-state index contributed by atoms with van der Waals surface area (Å²) in [5.41, 5.74) is 2.99. The van der Waals surface area contributed by atoms with Crippen molar-refractivity contribution in [2.45, 2.75) is 57.1 Å². The van der Waals surface area contributed by atoms with Gasteiger partial charge >= 0.3 is 0 Å². The molecular formula is C36H41N3O5S. The van der Waals surface area contributed by atoms with Gasteiger partial charge in [0.2, 0.25) is 11.8 Å². The van der Waals surface area contributed by atoms with Crippen LogP contribution in [-0.2, 0) is 32.6 Å². The minimum Gasteiger partial charge on any atom is -0.497 e. The number of nitrogens with one attached hydrogen (secondary N) is 1. The average Bonchev–Trinajstić information content (AvgIpc) is 3.06. The molecule has 0 unspecified atom stereocenters. The van der Waals surface area contributed by atoms with Crippen LogP contribution >= 0.6 is 0 Å². The molecule has 9 heteroatoms. The van der Waals surface area contributed by atoms with Crippen molar-refractivity contribution >= 4 is 27.5 Å². The summed E-state index contributed by atoms with van der Waals surface area (Å²) in [5.74, 6) is -0.286. The summed E-state index contributed by atoms with van der Waals surface area (Å²) in [7, 11) is -2.69. The van der Waals surface area contributed by atoms with Crippen LogP contribution in [0.5, 0.6) is 5.75 Å². The van der Waals surface area contributed by atoms with E-state index in [-0.39, 0.29) is 29.8 Å². The van der Waals surface area contributed by atoms with Crippen molar-refractivity contribution in [2.75, 3.05) is 18.0 Å². The minimum absolute atomic E-state index is 0.0154. The first kappa shape index (κ1) is 33.3. The SMILES string of the molecule is CC[C@@H](C)NC(=O)[C@H](Cc1ccccc1)N(Cc1ccccc1)C(=O)CN(c1ccc(C)cc1)S(=O)(=O)c1ccc(OC)cc1. The standard InChI is InChI=1S/C36H41N3O5S/c1-5-28(3)37-36(41)34(24-29-12-8-6-9-13-29)38(25-30-14-10-7-11-15-30)35(40)26-39(31-18-16-27(2)17-19-31)45(42,43)33-22-20-32(44-4)21-23-33/h6-23,28,34H,5,24-26H2,1-4H3,(H,37,41)/t28-,34+/m1/s1. The molecule has 4 aromatic carbocycles. The highest BCUT2D eigenvalue weighted by Crippen LogP contribution is 2.27. The molecule has 0 fully saturated rings. The Hall–Kier alpha value is -4.63. The Morgan fingerprint density at radius 2 is 1.40 bits per heavy atom. The van der Waals surface area contributed by atoms with Crippen LogP contribution in [0.25, 0.3) is 0 Å². The van der Waals surface area contributed by atoms with Crippen LogP contribution in [0.15, 0.2) is 114 Å². The molecule has 8 nitrogen and oxygen atoms in total. The molecule has 0 aliphatic rings. The number of ether oxygens (including phenoxy) is 1. The van der Waals surface area contributed by atoms with E-state index in [1.54, 1.807) is 36.4 Å². The van der Waals surface area contributed by atoms with Gasteiger partial charge in [-0.2, -0.15) is 0 Å². The van der Waals surface area contributed by atoms with Gasteiger partial charge in [0.25, 0.3) is 10.0 Å². The molecule has 0 saturated carbocycles. The Morgan fingerprint density at radius 1 is 0.822 bits per heavy atom. The number of rotatable bonds is 14. The van der Waals surface area contributed by atoms with Gasteiger partial charge in [0.1, 0.15) is 18.3 Å². The number of amides is 2. The van der Waals surface area contributed by atoms with E-state index < -0.39 is 28.5 Å². The topological polar surface area (TPSA) is 96.0 Å². The first-order valence-electron chi connectivity index (χ1n) is 15.0. The Bertz CT molecular complexity index is 1640. The number of sulfonamides is 1. The number of hydrogen-bond acceptors (Lipinski definition) is 5. The van der Waals surface area contributed by atoms with Gasteiger partial charge in [0.05, 0.1) is 17.7 Å². The van der Waals surface area contributed by atoms with Crippen LogP contribution in [-0.4, -0.2) is 50.9 Å². The summed E-state index contributed by atoms with van der Waals surface area (Å²) in [6.07, 6.45) is 0.981. The zero-order valence-corrected chi connectivity index (χ0v) is 27.0. The predicted molar refractivity (Wildman–Crippen MR) is 178 cm³/mol. The van der Waals surface area contributed by atoms with E-state index >= 15 is 0 Å². The maximum atomic E-state index is 14.5. The third-order valence-corrected chi connectivity index (χ3v) is 9.50. The summed E-state index contributed by atoms with van der Waals surface area (Å²) in [6.45, 7) is 5.42. The Kier molecular flexibility index (Phi) is 11.4. The number of methoxy groups -OCH3 is 1. The molecule has 0 aliphatic carbocycles. The lowest BCUT2D eigenvalue weighted by Crippen LogP contribution is -2.54. The van der Waals surface area contributed by atoms with E-state index in [0.717, 1.165) is 27.4 Å². The molecule has 4 rings (SSSR count). The van der Waals surface area contributed by atoms with E-state index in [4.69, 9.17) is 4.74 Å². The van der Waals surface area contributed by atoms with E-state index in [0.29, 0.717) is 11.4 Å². The van der Waals surface area contributed by atoms with Crippen LogP contribution in [0.3, 0.4) is 0 Å². The number of carbonyl (C=O) groups excluding carboxylic acids is 2. The van der Waals surface area contributed by atoms with Gasteiger partial charge < -0.3 is 15.0 Å². The van der Waals surface area contributed by atoms with E-state index in [1.807, 2.05) is 81.4 Å². The molecule has 0 spiro atoms. The summed E-state index contributed by atoms with van der Waals surface area (Å²) in [6, 6.07) is 30.9. The zero-order chi connectivity index (χ0) is 32.4. The molecule has 0 radical (unpaired) electrons. The normalized spacial score (nSPS) is 12.5. The van der Waals surface area contributed by atoms with Gasteiger partial charge in [-0.1, -0.05) is 85.3 Å². The Morgan fingerprint density at radius 3 is 1.96 bits per heavy atom. The maximum Gasteiger partial charge on any atom is 0.264 e. The quantitative estimate of drug-likeness (QED) is 0.192. The average molecular weight is 628 g/mol. The highest BCUT2D eigenvalue weighted by atomic mass is 32.2. The van der Waals surface area contributed by atoms with Crippen molar-refractivity contribution in [1.29, 1.82) is 0 Å². The number of carbonyl (C=O) groups is 2. The van der Waals surface area contributed by atoms with Crippen molar-refractivity contribution in [1.82, 2.24) is 10.2 Å². The summed E-state index contributed by atoms with van der Waals surface area (Å²) >= 11 is 0. The number of aryl methyl sites for hydroxylation is 1. The van der Waals surface area contributed by atoms with Gasteiger partial charge in [-0.25, -0.2) is 8.42 Å². The number of benzene rings is 4. The lowest BCUT2D eigenvalue weighted by molar-refractivity contribution is -0.140. The lowest BCUT2D eigenvalue weighted by atomic mass is 10.0. The molecule has 0 aliphatic heterocycles. The molecule has 236 valence electrons. The third-order valence-electron chi connectivity index (χ3n) is 7.72. The van der Waals surface area contributed by atoms with Crippen molar-refractivity contribution in [3.8, 4) is 5.75 Å². The number of anilines is 1. The summed E-state index contributed by atoms with van der Waals surface area (Å²) in [4.78, 5) is 29.9. The van der Waals surface area contributed by atoms with Gasteiger partial charge in [-0.05, 0) is 67.8 Å². The second-order valence-corrected chi connectivity index (χ2v) is 12.9. The van der Waals surface area contributed by atoms with Gasteiger partial charge in [0.15, 0.2) is 0 Å². The monoisotopic (exact) mass is 627 g/mol. The predicted octanol–water partition coefficient (Wildman–Crippen LogP) is 5.75. The highest BCUT2D eigenvalue weighted by molar-refractivity contribution is 7.92. The van der Waals surface area contributed by atoms with Crippen LogP contribution in [0, 0.1) is 6.92 Å². The molecule has 45 heavy (non-hydrogen) atoms. The highest BCUT2D eigenvalue weighted by Gasteiger charge is 2.35. The van der Waals surface area contributed by atoms with E-state index in [1.165, 1.54) is 24.1 Å². The molecule has 2 amide bonds. The molecule has 2 atom stereocenters. The number of nitrogens with zero attached hydrogens (tertiary/aromatic N) is 2. The second kappa shape index (κ2) is 15.4. The van der Waals surface area contributed by atoms with E-state index in [9.17, 15) is 18.0 Å². The molecule has 0 bridgehead atoms. The van der Waals surface area contributed by atoms with Crippen LogP contribution < -0.4 is 14.4 Å². The van der Waals surface area contributed by atoms with Crippen molar-refractivity contribution < 1.29 is 22.7 Å². The fourth-order valence-electron chi connectivity index (χ4n) is 4.89. The lowest BCUT2D eigenvalue weighted by Gasteiger charge is -2.34. The molecule has 0 heterocycles. The van der Waals surface area contributed by atoms with E-state index in [2.05, 4.69) is 5.32 Å². The molecular weight excluding hydrogens is 586 g/mol. The maximum absolute atomic E-state index is 14.5.